The van der Waals surface area contributed by atoms with Gasteiger partial charge in [-0.25, -0.2) is 0 Å². The molecule has 0 radical (unpaired) electrons. The highest BCUT2D eigenvalue weighted by Crippen LogP contribution is 2.23. The molecule has 0 bridgehead atoms. The van der Waals surface area contributed by atoms with Gasteiger partial charge in [0, 0.05) is 17.1 Å². The van der Waals surface area contributed by atoms with E-state index < -0.39 is 0 Å². The van der Waals surface area contributed by atoms with Gasteiger partial charge in [0.15, 0.2) is 4.34 Å². The molecule has 6 nitrogen and oxygen atoms in total. The molecule has 1 aromatic heterocycles. The lowest BCUT2D eigenvalue weighted by Gasteiger charge is -2.05. The van der Waals surface area contributed by atoms with Gasteiger partial charge in [0.05, 0.1) is 5.75 Å². The third-order valence-corrected chi connectivity index (χ3v) is 6.41. The monoisotopic (exact) mass is 430 g/mol. The van der Waals surface area contributed by atoms with Crippen molar-refractivity contribution < 1.29 is 9.59 Å². The molecule has 0 aliphatic rings. The summed E-state index contributed by atoms with van der Waals surface area (Å²) in [5.41, 5.74) is 1.74. The first kappa shape index (κ1) is 20.4. The van der Waals surface area contributed by atoms with Gasteiger partial charge in [-0.15, -0.1) is 22.0 Å². The lowest BCUT2D eigenvalue weighted by atomic mass is 10.2. The van der Waals surface area contributed by atoms with Crippen molar-refractivity contribution in [3.63, 3.8) is 0 Å². The number of nitrogens with one attached hydrogen (secondary N) is 2. The average molecular weight is 431 g/mol. The molecule has 28 heavy (non-hydrogen) atoms. The summed E-state index contributed by atoms with van der Waals surface area (Å²) in [4.78, 5) is 25.4. The smallest absolute Gasteiger partial charge is 0.286 e. The first-order valence-corrected chi connectivity index (χ1v) is 11.4. The molecule has 0 saturated heterocycles. The van der Waals surface area contributed by atoms with Gasteiger partial charge in [-0.1, -0.05) is 53.4 Å². The van der Waals surface area contributed by atoms with E-state index in [1.165, 1.54) is 28.0 Å². The van der Waals surface area contributed by atoms with Crippen LogP contribution in [0.5, 0.6) is 0 Å². The van der Waals surface area contributed by atoms with E-state index in [4.69, 9.17) is 0 Å². The summed E-state index contributed by atoms with van der Waals surface area (Å²) >= 11 is 4.11. The van der Waals surface area contributed by atoms with Gasteiger partial charge < -0.3 is 10.6 Å². The molecule has 0 fully saturated rings. The van der Waals surface area contributed by atoms with Gasteiger partial charge in [0.25, 0.3) is 5.91 Å². The number of rotatable bonds is 8. The van der Waals surface area contributed by atoms with Crippen LogP contribution in [0, 0.1) is 0 Å². The summed E-state index contributed by atoms with van der Waals surface area (Å²) in [6.45, 7) is 0.481. The SMILES string of the molecule is CSc1ccc(CNC(=O)CSc2nnc(C(=O)Nc3ccccc3)s2)cc1. The number of anilines is 1. The largest absolute Gasteiger partial charge is 0.351 e. The Hall–Kier alpha value is -2.36. The summed E-state index contributed by atoms with van der Waals surface area (Å²) in [5.74, 6) is -0.184. The van der Waals surface area contributed by atoms with E-state index in [-0.39, 0.29) is 22.6 Å². The number of carbonyl (C=O) groups excluding carboxylic acids is 2. The fraction of sp³-hybridized carbons (Fsp3) is 0.158. The Morgan fingerprint density at radius 3 is 2.50 bits per heavy atom. The van der Waals surface area contributed by atoms with Crippen LogP contribution in [-0.2, 0) is 11.3 Å². The number of thioether (sulfide) groups is 2. The van der Waals surface area contributed by atoms with Crippen LogP contribution < -0.4 is 10.6 Å². The quantitative estimate of drug-likeness (QED) is 0.527. The van der Waals surface area contributed by atoms with Gasteiger partial charge in [0.1, 0.15) is 0 Å². The van der Waals surface area contributed by atoms with E-state index >= 15 is 0 Å². The molecule has 0 aliphatic carbocycles. The topological polar surface area (TPSA) is 84.0 Å². The van der Waals surface area contributed by atoms with Gasteiger partial charge in [-0.05, 0) is 36.1 Å². The van der Waals surface area contributed by atoms with Crippen LogP contribution in [0.2, 0.25) is 0 Å². The van der Waals surface area contributed by atoms with E-state index in [1.54, 1.807) is 23.9 Å². The number of para-hydroxylation sites is 1. The van der Waals surface area contributed by atoms with Crippen molar-refractivity contribution >= 4 is 52.4 Å². The van der Waals surface area contributed by atoms with Crippen LogP contribution in [0.3, 0.4) is 0 Å². The van der Waals surface area contributed by atoms with Gasteiger partial charge in [-0.3, -0.25) is 9.59 Å². The minimum Gasteiger partial charge on any atom is -0.351 e. The van der Waals surface area contributed by atoms with Crippen LogP contribution in [0.25, 0.3) is 0 Å². The maximum Gasteiger partial charge on any atom is 0.286 e. The molecule has 2 N–H and O–H groups in total. The molecule has 0 aliphatic heterocycles. The first-order valence-electron chi connectivity index (χ1n) is 8.36. The highest BCUT2D eigenvalue weighted by molar-refractivity contribution is 8.01. The maximum absolute atomic E-state index is 12.2. The lowest BCUT2D eigenvalue weighted by Crippen LogP contribution is -2.24. The summed E-state index contributed by atoms with van der Waals surface area (Å²) in [7, 11) is 0. The van der Waals surface area contributed by atoms with Gasteiger partial charge in [0.2, 0.25) is 10.9 Å². The number of benzene rings is 2. The van der Waals surface area contributed by atoms with E-state index in [0.717, 1.165) is 5.56 Å². The Morgan fingerprint density at radius 1 is 1.04 bits per heavy atom. The maximum atomic E-state index is 12.2. The molecular weight excluding hydrogens is 412 g/mol. The number of carbonyl (C=O) groups is 2. The zero-order chi connectivity index (χ0) is 19.8. The third-order valence-electron chi connectivity index (χ3n) is 3.61. The van der Waals surface area contributed by atoms with Crippen LogP contribution in [0.1, 0.15) is 15.4 Å². The van der Waals surface area contributed by atoms with Crippen molar-refractivity contribution in [2.45, 2.75) is 15.8 Å². The number of nitrogens with zero attached hydrogens (tertiary/aromatic N) is 2. The van der Waals surface area contributed by atoms with Crippen molar-refractivity contribution in [3.05, 3.63) is 65.2 Å². The molecule has 0 saturated carbocycles. The van der Waals surface area contributed by atoms with E-state index in [9.17, 15) is 9.59 Å². The Balaban J connectivity index is 1.44. The van der Waals surface area contributed by atoms with Crippen molar-refractivity contribution in [2.75, 3.05) is 17.3 Å². The van der Waals surface area contributed by atoms with Crippen LogP contribution in [0.15, 0.2) is 63.8 Å². The summed E-state index contributed by atoms with van der Waals surface area (Å²) < 4.78 is 0.581. The summed E-state index contributed by atoms with van der Waals surface area (Å²) in [6, 6.07) is 17.2. The van der Waals surface area contributed by atoms with Crippen LogP contribution in [0.4, 0.5) is 5.69 Å². The van der Waals surface area contributed by atoms with E-state index in [0.29, 0.717) is 16.6 Å². The van der Waals surface area contributed by atoms with Crippen LogP contribution in [-0.4, -0.2) is 34.0 Å². The zero-order valence-corrected chi connectivity index (χ0v) is 17.5. The Kier molecular flexibility index (Phi) is 7.46. The van der Waals surface area contributed by atoms with E-state index in [1.807, 2.05) is 48.7 Å². The minimum atomic E-state index is -0.311. The second-order valence-electron chi connectivity index (χ2n) is 5.61. The lowest BCUT2D eigenvalue weighted by molar-refractivity contribution is -0.118. The predicted molar refractivity (Wildman–Crippen MR) is 115 cm³/mol. The van der Waals surface area contributed by atoms with Crippen molar-refractivity contribution in [1.29, 1.82) is 0 Å². The third kappa shape index (κ3) is 6.08. The molecule has 144 valence electrons. The molecule has 2 aromatic carbocycles. The van der Waals surface area contributed by atoms with Crippen molar-refractivity contribution in [1.82, 2.24) is 15.5 Å². The van der Waals surface area contributed by atoms with Crippen LogP contribution >= 0.6 is 34.9 Å². The number of hydrogen-bond acceptors (Lipinski definition) is 7. The second kappa shape index (κ2) is 10.3. The van der Waals surface area contributed by atoms with Crippen molar-refractivity contribution in [3.8, 4) is 0 Å². The summed E-state index contributed by atoms with van der Waals surface area (Å²) in [5, 5.41) is 13.8. The Labute approximate surface area is 175 Å². The molecule has 0 unspecified atom stereocenters. The highest BCUT2D eigenvalue weighted by Gasteiger charge is 2.14. The molecule has 1 heterocycles. The highest BCUT2D eigenvalue weighted by atomic mass is 32.2. The number of amides is 2. The average Bonchev–Trinajstić information content (AvgIpc) is 3.21. The zero-order valence-electron chi connectivity index (χ0n) is 15.0. The van der Waals surface area contributed by atoms with Crippen molar-refractivity contribution in [2.24, 2.45) is 0 Å². The number of aromatic nitrogens is 2. The van der Waals surface area contributed by atoms with Gasteiger partial charge in [-0.2, -0.15) is 0 Å². The molecule has 3 aromatic rings. The fourth-order valence-corrected chi connectivity index (χ4v) is 4.17. The predicted octanol–water partition coefficient (Wildman–Crippen LogP) is 3.92. The molecular formula is C19H18N4O2S3. The molecule has 0 atom stereocenters. The molecule has 0 spiro atoms. The standard InChI is InChI=1S/C19H18N4O2S3/c1-26-15-9-7-13(8-10-15)11-20-16(24)12-27-19-23-22-18(28-19)17(25)21-14-5-3-2-4-6-14/h2-10H,11-12H2,1H3,(H,20,24)(H,21,25). The number of hydrogen-bond donors (Lipinski definition) is 2. The molecule has 9 heteroatoms. The fourth-order valence-electron chi connectivity index (χ4n) is 2.19. The second-order valence-corrected chi connectivity index (χ2v) is 8.69. The summed E-state index contributed by atoms with van der Waals surface area (Å²) in [6.07, 6.45) is 2.03. The van der Waals surface area contributed by atoms with E-state index in [2.05, 4.69) is 20.8 Å². The minimum absolute atomic E-state index is 0.0931. The molecule has 2 amide bonds. The Bertz CT molecular complexity index is 930. The Morgan fingerprint density at radius 2 is 1.79 bits per heavy atom. The normalized spacial score (nSPS) is 10.5. The molecule has 3 rings (SSSR count). The van der Waals surface area contributed by atoms with Gasteiger partial charge >= 0.3 is 0 Å². The first-order chi connectivity index (χ1) is 13.6.